The minimum Gasteiger partial charge on any atom is -0.449 e. The first-order chi connectivity index (χ1) is 15.2. The molecule has 3 aromatic heterocycles. The number of nitrogens with zero attached hydrogens (tertiary/aromatic N) is 4. The molecule has 1 aliphatic rings. The quantitative estimate of drug-likeness (QED) is 0.404. The van der Waals surface area contributed by atoms with Crippen molar-refractivity contribution in [2.45, 2.75) is 29.8 Å². The van der Waals surface area contributed by atoms with Gasteiger partial charge in [-0.1, -0.05) is 36.0 Å². The van der Waals surface area contributed by atoms with Gasteiger partial charge in [0.05, 0.1) is 11.3 Å². The van der Waals surface area contributed by atoms with Crippen molar-refractivity contribution in [1.82, 2.24) is 24.7 Å². The molecule has 6 rings (SSSR count). The van der Waals surface area contributed by atoms with Crippen molar-refractivity contribution in [3.63, 3.8) is 0 Å². The number of aromatic nitrogens is 5. The average molecular weight is 433 g/mol. The van der Waals surface area contributed by atoms with E-state index in [1.54, 1.807) is 18.2 Å². The Morgan fingerprint density at radius 2 is 1.94 bits per heavy atom. The predicted octanol–water partition coefficient (Wildman–Crippen LogP) is 4.69. The highest BCUT2D eigenvalue weighted by Crippen LogP contribution is 2.41. The second-order valence-electron chi connectivity index (χ2n) is 7.46. The van der Waals surface area contributed by atoms with Crippen molar-refractivity contribution in [2.75, 3.05) is 0 Å². The Kier molecular flexibility index (Phi) is 4.17. The van der Waals surface area contributed by atoms with Crippen LogP contribution >= 0.6 is 11.8 Å². The molecule has 0 unspecified atom stereocenters. The van der Waals surface area contributed by atoms with Gasteiger partial charge in [0, 0.05) is 11.4 Å². The summed E-state index contributed by atoms with van der Waals surface area (Å²) in [6.45, 7) is 0. The fourth-order valence-corrected chi connectivity index (χ4v) is 4.59. The van der Waals surface area contributed by atoms with Crippen molar-refractivity contribution in [1.29, 1.82) is 0 Å². The summed E-state index contributed by atoms with van der Waals surface area (Å²) < 4.78 is 22.0. The fraction of sp³-hybridized carbons (Fsp3) is 0.182. The first kappa shape index (κ1) is 18.3. The summed E-state index contributed by atoms with van der Waals surface area (Å²) in [4.78, 5) is 19.9. The lowest BCUT2D eigenvalue weighted by molar-refractivity contribution is 0.622. The smallest absolute Gasteiger partial charge is 0.294 e. The normalized spacial score (nSPS) is 14.0. The van der Waals surface area contributed by atoms with Gasteiger partial charge in [0.1, 0.15) is 22.7 Å². The summed E-state index contributed by atoms with van der Waals surface area (Å²) in [7, 11) is 0. The molecule has 0 bridgehead atoms. The van der Waals surface area contributed by atoms with Gasteiger partial charge in [-0.2, -0.15) is 0 Å². The molecule has 0 saturated heterocycles. The number of furan rings is 1. The van der Waals surface area contributed by atoms with Crippen LogP contribution in [0.4, 0.5) is 4.39 Å². The Morgan fingerprint density at radius 1 is 1.13 bits per heavy atom. The van der Waals surface area contributed by atoms with Crippen LogP contribution in [-0.2, 0) is 5.75 Å². The Bertz CT molecular complexity index is 1500. The molecule has 0 radical (unpaired) electrons. The molecule has 0 atom stereocenters. The molecule has 9 heteroatoms. The minimum absolute atomic E-state index is 0.220. The Balaban J connectivity index is 1.36. The molecule has 3 heterocycles. The first-order valence-corrected chi connectivity index (χ1v) is 10.9. The zero-order valence-corrected chi connectivity index (χ0v) is 17.0. The van der Waals surface area contributed by atoms with Crippen LogP contribution in [-0.4, -0.2) is 24.7 Å². The van der Waals surface area contributed by atoms with Crippen molar-refractivity contribution in [3.8, 4) is 11.4 Å². The summed E-state index contributed by atoms with van der Waals surface area (Å²) in [6, 6.07) is 14.3. The molecule has 2 aromatic carbocycles. The van der Waals surface area contributed by atoms with Gasteiger partial charge in [-0.3, -0.25) is 9.36 Å². The molecule has 0 amide bonds. The second kappa shape index (κ2) is 7.05. The van der Waals surface area contributed by atoms with E-state index in [1.807, 2.05) is 28.8 Å². The van der Waals surface area contributed by atoms with Crippen LogP contribution in [0.15, 0.2) is 62.9 Å². The Labute approximate surface area is 179 Å². The number of fused-ring (bicyclic) bond motifs is 3. The number of rotatable bonds is 5. The predicted molar refractivity (Wildman–Crippen MR) is 115 cm³/mol. The third kappa shape index (κ3) is 3.12. The van der Waals surface area contributed by atoms with Gasteiger partial charge in [-0.15, -0.1) is 10.2 Å². The number of halogens is 1. The minimum atomic E-state index is -0.323. The van der Waals surface area contributed by atoms with Gasteiger partial charge < -0.3 is 9.40 Å². The highest BCUT2D eigenvalue weighted by Gasteiger charge is 2.31. The van der Waals surface area contributed by atoms with Gasteiger partial charge in [-0.25, -0.2) is 9.37 Å². The van der Waals surface area contributed by atoms with E-state index in [1.165, 1.54) is 17.8 Å². The van der Waals surface area contributed by atoms with Gasteiger partial charge in [0.15, 0.2) is 11.0 Å². The molecule has 1 saturated carbocycles. The molecule has 0 spiro atoms. The van der Waals surface area contributed by atoms with E-state index < -0.39 is 0 Å². The third-order valence-electron chi connectivity index (χ3n) is 5.31. The number of nitrogens with one attached hydrogen (secondary N) is 1. The summed E-state index contributed by atoms with van der Waals surface area (Å²) in [5.74, 6) is 1.12. The highest BCUT2D eigenvalue weighted by atomic mass is 32.2. The maximum atomic E-state index is 14.3. The number of thioether (sulfide) groups is 1. The van der Waals surface area contributed by atoms with E-state index in [2.05, 4.69) is 20.2 Å². The van der Waals surface area contributed by atoms with Gasteiger partial charge in [0.2, 0.25) is 5.58 Å². The van der Waals surface area contributed by atoms with Crippen LogP contribution in [0.3, 0.4) is 0 Å². The number of aromatic amines is 1. The largest absolute Gasteiger partial charge is 0.449 e. The van der Waals surface area contributed by atoms with Crippen LogP contribution in [0.5, 0.6) is 0 Å². The monoisotopic (exact) mass is 433 g/mol. The standard InChI is InChI=1S/C22H16FN5O2S/c23-15-7-3-1-5-13(15)20-26-27-22(28(20)12-9-10-12)31-11-17-24-18-14-6-2-4-8-16(14)30-19(18)21(29)25-17/h1-8,12H,9-11H2,(H,24,25,29). The van der Waals surface area contributed by atoms with E-state index in [9.17, 15) is 9.18 Å². The van der Waals surface area contributed by atoms with Gasteiger partial charge in [-0.05, 0) is 37.1 Å². The van der Waals surface area contributed by atoms with Gasteiger partial charge in [0.25, 0.3) is 5.56 Å². The lowest BCUT2D eigenvalue weighted by Gasteiger charge is -2.09. The zero-order chi connectivity index (χ0) is 20.9. The summed E-state index contributed by atoms with van der Waals surface area (Å²) in [6.07, 6.45) is 2.02. The van der Waals surface area contributed by atoms with Crippen LogP contribution < -0.4 is 5.56 Å². The molecule has 0 aliphatic heterocycles. The Hall–Kier alpha value is -3.46. The van der Waals surface area contributed by atoms with E-state index in [0.717, 1.165) is 18.2 Å². The van der Waals surface area contributed by atoms with Crippen molar-refractivity contribution < 1.29 is 8.81 Å². The average Bonchev–Trinajstić information content (AvgIpc) is 3.42. The molecular formula is C22H16FN5O2S. The number of benzene rings is 2. The van der Waals surface area contributed by atoms with Crippen molar-refractivity contribution >= 4 is 33.8 Å². The van der Waals surface area contributed by atoms with Crippen LogP contribution in [0.1, 0.15) is 24.7 Å². The summed E-state index contributed by atoms with van der Waals surface area (Å²) in [5, 5.41) is 10.1. The van der Waals surface area contributed by atoms with Crippen molar-refractivity contribution in [2.24, 2.45) is 0 Å². The Morgan fingerprint density at radius 3 is 2.77 bits per heavy atom. The van der Waals surface area contributed by atoms with E-state index >= 15 is 0 Å². The van der Waals surface area contributed by atoms with E-state index in [-0.39, 0.29) is 23.0 Å². The topological polar surface area (TPSA) is 89.6 Å². The fourth-order valence-electron chi connectivity index (χ4n) is 3.71. The van der Waals surface area contributed by atoms with E-state index in [0.29, 0.717) is 39.2 Å². The molecule has 1 N–H and O–H groups in total. The molecular weight excluding hydrogens is 417 g/mol. The first-order valence-electron chi connectivity index (χ1n) is 9.92. The molecule has 1 fully saturated rings. The summed E-state index contributed by atoms with van der Waals surface area (Å²) in [5.41, 5.74) is 1.52. The molecule has 154 valence electrons. The molecule has 5 aromatic rings. The maximum Gasteiger partial charge on any atom is 0.294 e. The zero-order valence-electron chi connectivity index (χ0n) is 16.2. The molecule has 7 nitrogen and oxygen atoms in total. The van der Waals surface area contributed by atoms with Crippen LogP contribution in [0, 0.1) is 5.82 Å². The SMILES string of the molecule is O=c1[nH]c(CSc2nnc(-c3ccccc3F)n2C2CC2)nc2c1oc1ccccc12. The third-order valence-corrected chi connectivity index (χ3v) is 6.26. The highest BCUT2D eigenvalue weighted by molar-refractivity contribution is 7.98. The van der Waals surface area contributed by atoms with Gasteiger partial charge >= 0.3 is 0 Å². The second-order valence-corrected chi connectivity index (χ2v) is 8.41. The molecule has 31 heavy (non-hydrogen) atoms. The van der Waals surface area contributed by atoms with Crippen LogP contribution in [0.25, 0.3) is 33.5 Å². The number of para-hydroxylation sites is 1. The number of H-pyrrole nitrogens is 1. The lowest BCUT2D eigenvalue weighted by atomic mass is 10.2. The van der Waals surface area contributed by atoms with E-state index in [4.69, 9.17) is 4.42 Å². The number of hydrogen-bond donors (Lipinski definition) is 1. The lowest BCUT2D eigenvalue weighted by Crippen LogP contribution is -2.10. The maximum absolute atomic E-state index is 14.3. The van der Waals surface area contributed by atoms with Crippen LogP contribution in [0.2, 0.25) is 0 Å². The van der Waals surface area contributed by atoms with Crippen molar-refractivity contribution in [3.05, 3.63) is 70.5 Å². The molecule has 1 aliphatic carbocycles. The summed E-state index contributed by atoms with van der Waals surface area (Å²) >= 11 is 1.42. The number of hydrogen-bond acceptors (Lipinski definition) is 6.